The van der Waals surface area contributed by atoms with Crippen LogP contribution >= 0.6 is 0 Å². The van der Waals surface area contributed by atoms with Gasteiger partial charge in [0.05, 0.1) is 12.1 Å². The lowest BCUT2D eigenvalue weighted by Crippen LogP contribution is -2.37. The van der Waals surface area contributed by atoms with Gasteiger partial charge in [-0.3, -0.25) is 9.59 Å². The Hall–Kier alpha value is -1.91. The van der Waals surface area contributed by atoms with Crippen molar-refractivity contribution in [2.45, 2.75) is 20.3 Å². The molecule has 0 atom stereocenters. The number of carbonyl (C=O) groups excluding carboxylic acids is 2. The largest absolute Gasteiger partial charge is 0.355 e. The smallest absolute Gasteiger partial charge is 0.254 e. The molecule has 18 heavy (non-hydrogen) atoms. The van der Waals surface area contributed by atoms with Gasteiger partial charge in [-0.1, -0.05) is 13.0 Å². The van der Waals surface area contributed by atoms with Crippen LogP contribution in [0.5, 0.6) is 0 Å². The monoisotopic (exact) mass is 252 g/mol. The van der Waals surface area contributed by atoms with Crippen molar-refractivity contribution >= 4 is 11.8 Å². The Bertz CT molecular complexity index is 447. The van der Waals surface area contributed by atoms with Gasteiger partial charge in [-0.25, -0.2) is 4.39 Å². The van der Waals surface area contributed by atoms with Crippen molar-refractivity contribution in [1.29, 1.82) is 0 Å². The van der Waals surface area contributed by atoms with Crippen LogP contribution in [0, 0.1) is 12.7 Å². The summed E-state index contributed by atoms with van der Waals surface area (Å²) in [7, 11) is 0. The lowest BCUT2D eigenvalue weighted by Gasteiger charge is -2.07. The van der Waals surface area contributed by atoms with E-state index in [0.717, 1.165) is 12.0 Å². The molecule has 0 aliphatic carbocycles. The Morgan fingerprint density at radius 1 is 1.28 bits per heavy atom. The van der Waals surface area contributed by atoms with Gasteiger partial charge in [0.15, 0.2) is 0 Å². The first-order valence-corrected chi connectivity index (χ1v) is 5.85. The normalized spacial score (nSPS) is 9.94. The van der Waals surface area contributed by atoms with E-state index in [4.69, 9.17) is 0 Å². The molecule has 0 aromatic heterocycles. The number of hydrogen-bond donors (Lipinski definition) is 2. The topological polar surface area (TPSA) is 58.2 Å². The van der Waals surface area contributed by atoms with E-state index in [1.165, 1.54) is 12.1 Å². The summed E-state index contributed by atoms with van der Waals surface area (Å²) in [6.07, 6.45) is 0.826. The molecule has 0 spiro atoms. The van der Waals surface area contributed by atoms with Gasteiger partial charge in [0.1, 0.15) is 5.82 Å². The summed E-state index contributed by atoms with van der Waals surface area (Å²) in [5.74, 6) is -1.45. The average molecular weight is 252 g/mol. The number of hydrogen-bond acceptors (Lipinski definition) is 2. The van der Waals surface area contributed by atoms with E-state index in [1.807, 2.05) is 6.92 Å². The zero-order chi connectivity index (χ0) is 13.5. The minimum atomic E-state index is -0.584. The molecule has 1 rings (SSSR count). The molecule has 0 fully saturated rings. The van der Waals surface area contributed by atoms with E-state index in [0.29, 0.717) is 6.54 Å². The van der Waals surface area contributed by atoms with Crippen molar-refractivity contribution in [3.05, 3.63) is 35.1 Å². The fourth-order valence-corrected chi connectivity index (χ4v) is 1.39. The first-order valence-electron chi connectivity index (χ1n) is 5.85. The van der Waals surface area contributed by atoms with E-state index in [9.17, 15) is 14.0 Å². The molecule has 0 radical (unpaired) electrons. The Kier molecular flexibility index (Phi) is 5.30. The van der Waals surface area contributed by atoms with Crippen LogP contribution in [0.2, 0.25) is 0 Å². The van der Waals surface area contributed by atoms with Crippen LogP contribution in [0.3, 0.4) is 0 Å². The second-order valence-electron chi connectivity index (χ2n) is 4.02. The van der Waals surface area contributed by atoms with Crippen molar-refractivity contribution < 1.29 is 14.0 Å². The van der Waals surface area contributed by atoms with E-state index in [1.54, 1.807) is 13.0 Å². The minimum Gasteiger partial charge on any atom is -0.355 e. The molecule has 2 N–H and O–H groups in total. The molecule has 0 unspecified atom stereocenters. The average Bonchev–Trinajstić information content (AvgIpc) is 2.33. The van der Waals surface area contributed by atoms with E-state index >= 15 is 0 Å². The van der Waals surface area contributed by atoms with Gasteiger partial charge in [0.2, 0.25) is 5.91 Å². The highest BCUT2D eigenvalue weighted by Crippen LogP contribution is 2.09. The summed E-state index contributed by atoms with van der Waals surface area (Å²) in [5.41, 5.74) is 0.689. The molecule has 1 aromatic carbocycles. The zero-order valence-electron chi connectivity index (χ0n) is 10.5. The van der Waals surface area contributed by atoms with E-state index in [-0.39, 0.29) is 18.0 Å². The molecule has 0 heterocycles. The Morgan fingerprint density at radius 3 is 2.61 bits per heavy atom. The van der Waals surface area contributed by atoms with Crippen molar-refractivity contribution in [2.24, 2.45) is 0 Å². The number of halogens is 1. The van der Waals surface area contributed by atoms with Crippen LogP contribution in [0.15, 0.2) is 18.2 Å². The van der Waals surface area contributed by atoms with Gasteiger partial charge in [0.25, 0.3) is 5.91 Å². The molecule has 0 bridgehead atoms. The first kappa shape index (κ1) is 14.2. The molecule has 5 heteroatoms. The number of carbonyl (C=O) groups is 2. The summed E-state index contributed by atoms with van der Waals surface area (Å²) in [4.78, 5) is 22.9. The van der Waals surface area contributed by atoms with Gasteiger partial charge < -0.3 is 10.6 Å². The summed E-state index contributed by atoms with van der Waals surface area (Å²) >= 11 is 0. The van der Waals surface area contributed by atoms with Gasteiger partial charge in [-0.2, -0.15) is 0 Å². The fourth-order valence-electron chi connectivity index (χ4n) is 1.39. The summed E-state index contributed by atoms with van der Waals surface area (Å²) in [6.45, 7) is 4.09. The Morgan fingerprint density at radius 2 is 2.00 bits per heavy atom. The van der Waals surface area contributed by atoms with Gasteiger partial charge in [-0.05, 0) is 31.0 Å². The van der Waals surface area contributed by atoms with Crippen LogP contribution in [0.1, 0.15) is 29.3 Å². The molecule has 2 amide bonds. The second-order valence-corrected chi connectivity index (χ2v) is 4.02. The number of nitrogens with one attached hydrogen (secondary N) is 2. The lowest BCUT2D eigenvalue weighted by atomic mass is 10.1. The molecule has 0 saturated heterocycles. The molecule has 0 aliphatic rings. The Labute approximate surface area is 106 Å². The third kappa shape index (κ3) is 4.16. The highest BCUT2D eigenvalue weighted by molar-refractivity contribution is 5.96. The lowest BCUT2D eigenvalue weighted by molar-refractivity contribution is -0.120. The van der Waals surface area contributed by atoms with Crippen LogP contribution in [-0.4, -0.2) is 24.9 Å². The second kappa shape index (κ2) is 6.74. The van der Waals surface area contributed by atoms with Crippen LogP contribution < -0.4 is 10.6 Å². The quantitative estimate of drug-likeness (QED) is 0.832. The van der Waals surface area contributed by atoms with Crippen molar-refractivity contribution in [3.63, 3.8) is 0 Å². The zero-order valence-corrected chi connectivity index (χ0v) is 10.5. The summed E-state index contributed by atoms with van der Waals surface area (Å²) in [6, 6.07) is 4.34. The van der Waals surface area contributed by atoms with E-state index in [2.05, 4.69) is 10.6 Å². The first-order chi connectivity index (χ1) is 8.54. The predicted octanol–water partition coefficient (Wildman–Crippen LogP) is 1.39. The highest BCUT2D eigenvalue weighted by Gasteiger charge is 2.12. The fraction of sp³-hybridized carbons (Fsp3) is 0.385. The third-order valence-electron chi connectivity index (χ3n) is 2.35. The van der Waals surface area contributed by atoms with Crippen LogP contribution in [0.4, 0.5) is 4.39 Å². The number of rotatable bonds is 5. The van der Waals surface area contributed by atoms with Crippen molar-refractivity contribution in [2.75, 3.05) is 13.1 Å². The maximum absolute atomic E-state index is 13.5. The third-order valence-corrected chi connectivity index (χ3v) is 2.35. The molecule has 0 saturated carbocycles. The van der Waals surface area contributed by atoms with Gasteiger partial charge in [0, 0.05) is 6.54 Å². The van der Waals surface area contributed by atoms with Gasteiger partial charge >= 0.3 is 0 Å². The maximum atomic E-state index is 13.5. The van der Waals surface area contributed by atoms with E-state index < -0.39 is 11.7 Å². The number of aryl methyl sites for hydroxylation is 1. The summed E-state index contributed by atoms with van der Waals surface area (Å²) < 4.78 is 13.5. The summed E-state index contributed by atoms with van der Waals surface area (Å²) in [5, 5.41) is 4.99. The standard InChI is InChI=1S/C13H17FN2O2/c1-3-6-15-12(17)8-16-13(18)10-5-4-9(2)7-11(10)14/h4-5,7H,3,6,8H2,1-2H3,(H,15,17)(H,16,18). The number of benzene rings is 1. The van der Waals surface area contributed by atoms with Crippen molar-refractivity contribution in [1.82, 2.24) is 10.6 Å². The SMILES string of the molecule is CCCNC(=O)CNC(=O)c1ccc(C)cc1F. The predicted molar refractivity (Wildman–Crippen MR) is 66.8 cm³/mol. The van der Waals surface area contributed by atoms with Crippen LogP contribution in [0.25, 0.3) is 0 Å². The molecular weight excluding hydrogens is 235 g/mol. The number of amides is 2. The molecular formula is C13H17FN2O2. The van der Waals surface area contributed by atoms with Crippen LogP contribution in [-0.2, 0) is 4.79 Å². The van der Waals surface area contributed by atoms with Gasteiger partial charge in [-0.15, -0.1) is 0 Å². The molecule has 4 nitrogen and oxygen atoms in total. The molecule has 0 aliphatic heterocycles. The highest BCUT2D eigenvalue weighted by atomic mass is 19.1. The Balaban J connectivity index is 2.53. The minimum absolute atomic E-state index is 0.0520. The molecule has 98 valence electrons. The molecule has 1 aromatic rings. The maximum Gasteiger partial charge on any atom is 0.254 e. The van der Waals surface area contributed by atoms with Crippen molar-refractivity contribution in [3.8, 4) is 0 Å².